The van der Waals surface area contributed by atoms with E-state index in [1.165, 1.54) is 0 Å². The fourth-order valence-corrected chi connectivity index (χ4v) is 1.04. The first-order valence-electron chi connectivity index (χ1n) is 2.77. The van der Waals surface area contributed by atoms with Crippen molar-refractivity contribution in [3.05, 3.63) is 0 Å². The summed E-state index contributed by atoms with van der Waals surface area (Å²) in [7, 11) is 4.41. The number of hydrogen-bond donors (Lipinski definition) is 0. The van der Waals surface area contributed by atoms with Crippen molar-refractivity contribution in [3.8, 4) is 0 Å². The maximum Gasteiger partial charge on any atom is 0.316 e. The summed E-state index contributed by atoms with van der Waals surface area (Å²) >= 11 is 0. The lowest BCUT2D eigenvalue weighted by Crippen LogP contribution is -2.40. The fraction of sp³-hybridized carbons (Fsp3) is 0.800. The highest BCUT2D eigenvalue weighted by Gasteiger charge is 2.18. The Kier molecular flexibility index (Phi) is 2.86. The quantitative estimate of drug-likeness (QED) is 0.386. The van der Waals surface area contributed by atoms with E-state index >= 15 is 0 Å². The van der Waals surface area contributed by atoms with Gasteiger partial charge in [-0.3, -0.25) is 4.48 Å². The van der Waals surface area contributed by atoms with Crippen molar-refractivity contribution in [3.63, 3.8) is 0 Å². The molecule has 0 spiro atoms. The van der Waals surface area contributed by atoms with Gasteiger partial charge in [-0.25, -0.2) is 4.79 Å². The summed E-state index contributed by atoms with van der Waals surface area (Å²) in [6, 6.07) is 0.226. The van der Waals surface area contributed by atoms with E-state index < -0.39 is 9.41 Å². The van der Waals surface area contributed by atoms with E-state index in [1.54, 1.807) is 21.1 Å². The van der Waals surface area contributed by atoms with Crippen LogP contribution in [0.3, 0.4) is 0 Å². The number of carbonyl (C=O) groups is 1. The molecule has 52 valence electrons. The molecule has 9 heavy (non-hydrogen) atoms. The Balaban J connectivity index is 3.88. The first-order chi connectivity index (χ1) is 3.98. The number of hydrogen-bond acceptors (Lipinski definition) is 2. The van der Waals surface area contributed by atoms with E-state index in [2.05, 4.69) is 0 Å². The van der Waals surface area contributed by atoms with Gasteiger partial charge in [0.1, 0.15) is 6.04 Å². The summed E-state index contributed by atoms with van der Waals surface area (Å²) in [6.45, 7) is 0. The third kappa shape index (κ3) is 3.26. The molecule has 0 aromatic heterocycles. The van der Waals surface area contributed by atoms with E-state index in [4.69, 9.17) is 0 Å². The molecule has 0 aromatic carbocycles. The van der Waals surface area contributed by atoms with Crippen molar-refractivity contribution in [2.75, 3.05) is 21.1 Å². The molecule has 0 bridgehead atoms. The van der Waals surface area contributed by atoms with Crippen LogP contribution in [0.15, 0.2) is 0 Å². The van der Waals surface area contributed by atoms with Crippen molar-refractivity contribution in [1.82, 2.24) is 0 Å². The second-order valence-corrected chi connectivity index (χ2v) is 3.52. The standard InChI is InChI=1S/C5H12NO2Si/c1-6(2,3)5(7)4-9-8/h9H,4H2,1-3H3/q+1. The minimum absolute atomic E-state index is 0.0278. The normalized spacial score (nSPS) is 11.0. The smallest absolute Gasteiger partial charge is 0.316 e. The van der Waals surface area contributed by atoms with Gasteiger partial charge in [-0.15, -0.1) is 0 Å². The highest BCUT2D eigenvalue weighted by Crippen LogP contribution is 1.93. The van der Waals surface area contributed by atoms with Gasteiger partial charge < -0.3 is 4.46 Å². The summed E-state index contributed by atoms with van der Waals surface area (Å²) in [5.41, 5.74) is 0. The predicted molar refractivity (Wildman–Crippen MR) is 35.7 cm³/mol. The van der Waals surface area contributed by atoms with Crippen molar-refractivity contribution < 1.29 is 13.7 Å². The minimum Gasteiger partial charge on any atom is -0.391 e. The average molecular weight is 146 g/mol. The molecule has 0 aliphatic rings. The molecule has 0 fully saturated rings. The average Bonchev–Trinajstić information content (AvgIpc) is 1.64. The molecule has 0 saturated carbocycles. The molecule has 0 unspecified atom stereocenters. The Morgan fingerprint density at radius 2 is 1.89 bits per heavy atom. The van der Waals surface area contributed by atoms with Gasteiger partial charge in [0.25, 0.3) is 9.41 Å². The molecule has 0 radical (unpaired) electrons. The monoisotopic (exact) mass is 146 g/mol. The lowest BCUT2D eigenvalue weighted by molar-refractivity contribution is -0.791. The molecule has 0 atom stereocenters. The number of nitrogens with zero attached hydrogens (tertiary/aromatic N) is 1. The van der Waals surface area contributed by atoms with Crippen molar-refractivity contribution in [2.45, 2.75) is 6.04 Å². The van der Waals surface area contributed by atoms with E-state index in [0.29, 0.717) is 0 Å². The largest absolute Gasteiger partial charge is 0.391 e. The molecular formula is C5H12NO2Si+. The Bertz CT molecular complexity index is 127. The Hall–Kier alpha value is -0.353. The highest BCUT2D eigenvalue weighted by atomic mass is 28.2. The van der Waals surface area contributed by atoms with Crippen LogP contribution < -0.4 is 0 Å². The van der Waals surface area contributed by atoms with E-state index in [0.717, 1.165) is 0 Å². The first kappa shape index (κ1) is 8.65. The van der Waals surface area contributed by atoms with Gasteiger partial charge in [0.05, 0.1) is 21.1 Å². The van der Waals surface area contributed by atoms with Crippen molar-refractivity contribution in [1.29, 1.82) is 0 Å². The molecular weight excluding hydrogens is 134 g/mol. The number of amides is 1. The zero-order valence-electron chi connectivity index (χ0n) is 6.05. The highest BCUT2D eigenvalue weighted by molar-refractivity contribution is 6.24. The van der Waals surface area contributed by atoms with Crippen molar-refractivity contribution in [2.24, 2.45) is 0 Å². The van der Waals surface area contributed by atoms with E-state index in [9.17, 15) is 9.26 Å². The van der Waals surface area contributed by atoms with Crippen LogP contribution in [-0.2, 0) is 9.26 Å². The van der Waals surface area contributed by atoms with Gasteiger partial charge in [-0.1, -0.05) is 0 Å². The SMILES string of the molecule is C[N+](C)(C)C(=O)C[SiH]=O. The second kappa shape index (κ2) is 2.98. The lowest BCUT2D eigenvalue weighted by Gasteiger charge is -2.18. The molecule has 0 rings (SSSR count). The number of carbonyl (C=O) groups excluding carboxylic acids is 1. The van der Waals surface area contributed by atoms with Crippen LogP contribution in [0.1, 0.15) is 0 Å². The van der Waals surface area contributed by atoms with Gasteiger partial charge in [0.2, 0.25) is 0 Å². The number of rotatable bonds is 2. The summed E-state index contributed by atoms with van der Waals surface area (Å²) in [5, 5.41) is 0. The molecule has 1 amide bonds. The van der Waals surface area contributed by atoms with Gasteiger partial charge in [-0.2, -0.15) is 0 Å². The minimum atomic E-state index is -0.916. The molecule has 0 heterocycles. The predicted octanol–water partition coefficient (Wildman–Crippen LogP) is -0.581. The van der Waals surface area contributed by atoms with Gasteiger partial charge in [-0.05, 0) is 0 Å². The Morgan fingerprint density at radius 3 is 2.00 bits per heavy atom. The van der Waals surface area contributed by atoms with Crippen LogP contribution >= 0.6 is 0 Å². The van der Waals surface area contributed by atoms with Crippen molar-refractivity contribution >= 4 is 15.3 Å². The van der Waals surface area contributed by atoms with E-state index in [1.807, 2.05) is 0 Å². The molecule has 0 aliphatic carbocycles. The molecule has 0 saturated heterocycles. The summed E-state index contributed by atoms with van der Waals surface area (Å²) in [5.74, 6) is 0.0278. The van der Waals surface area contributed by atoms with Crippen LogP contribution in [0, 0.1) is 0 Å². The fourth-order valence-electron chi connectivity index (χ4n) is 0.345. The lowest BCUT2D eigenvalue weighted by atomic mass is 10.5. The molecule has 0 aromatic rings. The number of quaternary nitrogens is 1. The Morgan fingerprint density at radius 1 is 1.44 bits per heavy atom. The van der Waals surface area contributed by atoms with Crippen LogP contribution in [-0.4, -0.2) is 40.9 Å². The zero-order valence-corrected chi connectivity index (χ0v) is 7.20. The van der Waals surface area contributed by atoms with Gasteiger partial charge >= 0.3 is 5.91 Å². The van der Waals surface area contributed by atoms with Crippen LogP contribution in [0.5, 0.6) is 0 Å². The maximum absolute atomic E-state index is 10.9. The van der Waals surface area contributed by atoms with Gasteiger partial charge in [0.15, 0.2) is 0 Å². The zero-order chi connectivity index (χ0) is 7.49. The topological polar surface area (TPSA) is 34.1 Å². The second-order valence-electron chi connectivity index (χ2n) is 2.78. The molecule has 3 nitrogen and oxygen atoms in total. The van der Waals surface area contributed by atoms with Gasteiger partial charge in [0, 0.05) is 0 Å². The third-order valence-corrected chi connectivity index (χ3v) is 1.52. The molecule has 4 heteroatoms. The molecule has 0 N–H and O–H groups in total. The van der Waals surface area contributed by atoms with E-state index in [-0.39, 0.29) is 16.4 Å². The third-order valence-electron chi connectivity index (χ3n) is 1.01. The Labute approximate surface area is 57.1 Å². The summed E-state index contributed by atoms with van der Waals surface area (Å²) < 4.78 is 10.3. The first-order valence-corrected chi connectivity index (χ1v) is 4.05. The summed E-state index contributed by atoms with van der Waals surface area (Å²) in [4.78, 5) is 10.9. The van der Waals surface area contributed by atoms with Crippen LogP contribution in [0.4, 0.5) is 0 Å². The maximum atomic E-state index is 10.9. The van der Waals surface area contributed by atoms with Crippen LogP contribution in [0.2, 0.25) is 6.04 Å². The summed E-state index contributed by atoms with van der Waals surface area (Å²) in [6.07, 6.45) is 0. The molecule has 0 aliphatic heterocycles. The van der Waals surface area contributed by atoms with Crippen LogP contribution in [0.25, 0.3) is 0 Å².